The van der Waals surface area contributed by atoms with Crippen molar-refractivity contribution in [2.45, 2.75) is 19.6 Å². The van der Waals surface area contributed by atoms with Crippen LogP contribution in [0.25, 0.3) is 10.9 Å². The van der Waals surface area contributed by atoms with E-state index in [1.54, 1.807) is 17.0 Å². The first-order valence-electron chi connectivity index (χ1n) is 7.54. The Balaban J connectivity index is 1.86. The number of urea groups is 1. The Morgan fingerprint density at radius 1 is 1.46 bits per heavy atom. The predicted octanol–water partition coefficient (Wildman–Crippen LogP) is 3.09. The number of fused-ring (bicyclic) bond motifs is 1. The molecule has 128 valence electrons. The third kappa shape index (κ3) is 3.53. The molecule has 0 saturated carbocycles. The van der Waals surface area contributed by atoms with Gasteiger partial charge in [0, 0.05) is 24.7 Å². The SMILES string of the molecule is CC1CN(C(=O)Nc2ccc(OC(F)F)c3ncccc23)CCO1. The van der Waals surface area contributed by atoms with Crippen LogP contribution in [0.1, 0.15) is 6.92 Å². The summed E-state index contributed by atoms with van der Waals surface area (Å²) in [5.41, 5.74) is 0.759. The van der Waals surface area contributed by atoms with Gasteiger partial charge in [0.15, 0.2) is 5.75 Å². The van der Waals surface area contributed by atoms with E-state index in [9.17, 15) is 13.6 Å². The number of ether oxygens (including phenoxy) is 2. The van der Waals surface area contributed by atoms with E-state index in [1.165, 1.54) is 18.3 Å². The zero-order valence-electron chi connectivity index (χ0n) is 13.0. The molecule has 2 amide bonds. The van der Waals surface area contributed by atoms with Crippen LogP contribution in [0.3, 0.4) is 0 Å². The van der Waals surface area contributed by atoms with E-state index in [0.29, 0.717) is 30.8 Å². The normalized spacial score (nSPS) is 18.0. The van der Waals surface area contributed by atoms with Gasteiger partial charge in [-0.25, -0.2) is 4.79 Å². The third-order valence-electron chi connectivity index (χ3n) is 3.72. The number of hydrogen-bond donors (Lipinski definition) is 1. The van der Waals surface area contributed by atoms with Crippen LogP contribution in [0.5, 0.6) is 5.75 Å². The number of nitrogens with one attached hydrogen (secondary N) is 1. The van der Waals surface area contributed by atoms with Crippen LogP contribution >= 0.6 is 0 Å². The van der Waals surface area contributed by atoms with Crippen LogP contribution in [0.4, 0.5) is 19.3 Å². The lowest BCUT2D eigenvalue weighted by atomic mass is 10.1. The van der Waals surface area contributed by atoms with Crippen molar-refractivity contribution in [1.29, 1.82) is 0 Å². The Labute approximate surface area is 137 Å². The van der Waals surface area contributed by atoms with Crippen molar-refractivity contribution in [2.75, 3.05) is 25.0 Å². The molecule has 2 heterocycles. The van der Waals surface area contributed by atoms with Crippen molar-refractivity contribution in [3.8, 4) is 5.75 Å². The maximum Gasteiger partial charge on any atom is 0.387 e. The highest BCUT2D eigenvalue weighted by Gasteiger charge is 2.22. The van der Waals surface area contributed by atoms with E-state index in [0.717, 1.165) is 0 Å². The highest BCUT2D eigenvalue weighted by atomic mass is 19.3. The molecule has 3 rings (SSSR count). The summed E-state index contributed by atoms with van der Waals surface area (Å²) >= 11 is 0. The zero-order valence-corrected chi connectivity index (χ0v) is 13.0. The Hall–Kier alpha value is -2.48. The largest absolute Gasteiger partial charge is 0.432 e. The molecule has 2 aromatic rings. The average Bonchev–Trinajstić information content (AvgIpc) is 2.56. The number of pyridine rings is 1. The summed E-state index contributed by atoms with van der Waals surface area (Å²) in [4.78, 5) is 18.1. The maximum absolute atomic E-state index is 12.5. The minimum Gasteiger partial charge on any atom is -0.432 e. The number of nitrogens with zero attached hydrogens (tertiary/aromatic N) is 2. The zero-order chi connectivity index (χ0) is 17.1. The summed E-state index contributed by atoms with van der Waals surface area (Å²) in [6, 6.07) is 6.00. The first-order chi connectivity index (χ1) is 11.5. The summed E-state index contributed by atoms with van der Waals surface area (Å²) in [5.74, 6) is -0.0291. The summed E-state index contributed by atoms with van der Waals surface area (Å²) < 4.78 is 34.9. The number of halogens is 2. The Morgan fingerprint density at radius 2 is 2.29 bits per heavy atom. The minimum absolute atomic E-state index is 0.0234. The fraction of sp³-hybridized carbons (Fsp3) is 0.375. The van der Waals surface area contributed by atoms with Crippen LogP contribution in [0.2, 0.25) is 0 Å². The van der Waals surface area contributed by atoms with Gasteiger partial charge in [-0.1, -0.05) is 0 Å². The van der Waals surface area contributed by atoms with Crippen molar-refractivity contribution in [1.82, 2.24) is 9.88 Å². The van der Waals surface area contributed by atoms with Gasteiger partial charge in [0.1, 0.15) is 5.52 Å². The molecule has 8 heteroatoms. The molecule has 1 aromatic carbocycles. The molecule has 1 saturated heterocycles. The Morgan fingerprint density at radius 3 is 3.04 bits per heavy atom. The topological polar surface area (TPSA) is 63.7 Å². The number of carbonyl (C=O) groups is 1. The predicted molar refractivity (Wildman–Crippen MR) is 84.4 cm³/mol. The molecule has 1 aromatic heterocycles. The number of benzene rings is 1. The van der Waals surface area contributed by atoms with Crippen molar-refractivity contribution >= 4 is 22.6 Å². The van der Waals surface area contributed by atoms with Gasteiger partial charge in [-0.2, -0.15) is 8.78 Å². The van der Waals surface area contributed by atoms with Gasteiger partial charge in [0.25, 0.3) is 0 Å². The van der Waals surface area contributed by atoms with E-state index in [-0.39, 0.29) is 23.4 Å². The standard InChI is InChI=1S/C16H17F2N3O3/c1-10-9-21(7-8-23-10)16(22)20-12-4-5-13(24-15(17)18)14-11(12)3-2-6-19-14/h2-6,10,15H,7-9H2,1H3,(H,20,22). The molecule has 1 atom stereocenters. The number of rotatable bonds is 3. The van der Waals surface area contributed by atoms with Crippen LogP contribution in [-0.4, -0.2) is 48.3 Å². The third-order valence-corrected chi connectivity index (χ3v) is 3.72. The average molecular weight is 337 g/mol. The van der Waals surface area contributed by atoms with Crippen molar-refractivity contribution < 1.29 is 23.0 Å². The highest BCUT2D eigenvalue weighted by Crippen LogP contribution is 2.31. The lowest BCUT2D eigenvalue weighted by molar-refractivity contribution is -0.0489. The lowest BCUT2D eigenvalue weighted by Gasteiger charge is -2.31. The molecule has 1 unspecified atom stereocenters. The molecule has 24 heavy (non-hydrogen) atoms. The number of carbonyl (C=O) groups excluding carboxylic acids is 1. The van der Waals surface area contributed by atoms with E-state index >= 15 is 0 Å². The van der Waals surface area contributed by atoms with Crippen LogP contribution < -0.4 is 10.1 Å². The molecule has 1 aliphatic heterocycles. The molecular weight excluding hydrogens is 320 g/mol. The monoisotopic (exact) mass is 337 g/mol. The minimum atomic E-state index is -2.94. The van der Waals surface area contributed by atoms with Gasteiger partial charge in [-0.3, -0.25) is 4.98 Å². The smallest absolute Gasteiger partial charge is 0.387 e. The van der Waals surface area contributed by atoms with Gasteiger partial charge >= 0.3 is 12.6 Å². The molecule has 6 nitrogen and oxygen atoms in total. The van der Waals surface area contributed by atoms with Crippen LogP contribution in [0.15, 0.2) is 30.5 Å². The van der Waals surface area contributed by atoms with Crippen molar-refractivity contribution in [3.05, 3.63) is 30.5 Å². The van der Waals surface area contributed by atoms with Crippen LogP contribution in [-0.2, 0) is 4.74 Å². The molecule has 1 aliphatic rings. The second-order valence-electron chi connectivity index (χ2n) is 5.45. The molecular formula is C16H17F2N3O3. The second-order valence-corrected chi connectivity index (χ2v) is 5.45. The van der Waals surface area contributed by atoms with Crippen molar-refractivity contribution in [2.24, 2.45) is 0 Å². The lowest BCUT2D eigenvalue weighted by Crippen LogP contribution is -2.46. The maximum atomic E-state index is 12.5. The molecule has 1 fully saturated rings. The van der Waals surface area contributed by atoms with Crippen LogP contribution in [0, 0.1) is 0 Å². The van der Waals surface area contributed by atoms with Gasteiger partial charge < -0.3 is 19.7 Å². The fourth-order valence-corrected chi connectivity index (χ4v) is 2.64. The number of alkyl halides is 2. The van der Waals surface area contributed by atoms with Gasteiger partial charge in [0.2, 0.25) is 0 Å². The quantitative estimate of drug-likeness (QED) is 0.935. The van der Waals surface area contributed by atoms with E-state index in [4.69, 9.17) is 4.74 Å². The van der Waals surface area contributed by atoms with Gasteiger partial charge in [-0.05, 0) is 31.2 Å². The molecule has 0 spiro atoms. The number of amides is 2. The summed E-state index contributed by atoms with van der Waals surface area (Å²) in [5, 5.41) is 3.34. The van der Waals surface area contributed by atoms with E-state index in [2.05, 4.69) is 15.0 Å². The Bertz CT molecular complexity index is 742. The van der Waals surface area contributed by atoms with E-state index < -0.39 is 6.61 Å². The highest BCUT2D eigenvalue weighted by molar-refractivity contribution is 6.02. The number of anilines is 1. The molecule has 1 N–H and O–H groups in total. The van der Waals surface area contributed by atoms with Gasteiger partial charge in [0.05, 0.1) is 18.4 Å². The first-order valence-corrected chi connectivity index (χ1v) is 7.54. The Kier molecular flexibility index (Phi) is 4.75. The first kappa shape index (κ1) is 16.4. The second kappa shape index (κ2) is 6.96. The summed E-state index contributed by atoms with van der Waals surface area (Å²) in [7, 11) is 0. The molecule has 0 radical (unpaired) electrons. The summed E-state index contributed by atoms with van der Waals surface area (Å²) in [6.07, 6.45) is 1.46. The number of hydrogen-bond acceptors (Lipinski definition) is 4. The molecule has 0 bridgehead atoms. The number of morpholine rings is 1. The fourth-order valence-electron chi connectivity index (χ4n) is 2.64. The molecule has 0 aliphatic carbocycles. The van der Waals surface area contributed by atoms with Crippen molar-refractivity contribution in [3.63, 3.8) is 0 Å². The number of aromatic nitrogens is 1. The van der Waals surface area contributed by atoms with Gasteiger partial charge in [-0.15, -0.1) is 0 Å². The van der Waals surface area contributed by atoms with E-state index in [1.807, 2.05) is 6.92 Å². The summed E-state index contributed by atoms with van der Waals surface area (Å²) in [6.45, 7) is 0.436.